The molecule has 0 aliphatic heterocycles. The molecule has 0 heteroatoms. The topological polar surface area (TPSA) is 0 Å². The summed E-state index contributed by atoms with van der Waals surface area (Å²) in [7, 11) is 0. The average molecular weight is 152 g/mol. The number of hydrogen-bond donors (Lipinski definition) is 0. The van der Waals surface area contributed by atoms with Gasteiger partial charge in [-0.2, -0.15) is 0 Å². The van der Waals surface area contributed by atoms with Gasteiger partial charge in [-0.15, -0.1) is 6.58 Å². The van der Waals surface area contributed by atoms with E-state index in [-0.39, 0.29) is 0 Å². The van der Waals surface area contributed by atoms with Gasteiger partial charge in [-0.3, -0.25) is 0 Å². The summed E-state index contributed by atoms with van der Waals surface area (Å²) in [5.41, 5.74) is 0.594. The van der Waals surface area contributed by atoms with Crippen molar-refractivity contribution in [3.05, 3.63) is 12.7 Å². The van der Waals surface area contributed by atoms with Crippen molar-refractivity contribution in [3.8, 4) is 0 Å². The Hall–Kier alpha value is -0.260. The Morgan fingerprint density at radius 3 is 2.91 bits per heavy atom. The van der Waals surface area contributed by atoms with Crippen LogP contribution in [0.3, 0.4) is 0 Å². The van der Waals surface area contributed by atoms with E-state index in [1.54, 1.807) is 0 Å². The summed E-state index contributed by atoms with van der Waals surface area (Å²) in [6.07, 6.45) is 8.95. The van der Waals surface area contributed by atoms with Gasteiger partial charge < -0.3 is 0 Å². The predicted molar refractivity (Wildman–Crippen MR) is 50.6 cm³/mol. The molecular formula is C11H20. The monoisotopic (exact) mass is 152 g/mol. The molecule has 0 bridgehead atoms. The second kappa shape index (κ2) is 3.42. The molecule has 0 spiro atoms. The summed E-state index contributed by atoms with van der Waals surface area (Å²) >= 11 is 0. The zero-order chi connectivity index (χ0) is 8.32. The van der Waals surface area contributed by atoms with Crippen molar-refractivity contribution < 1.29 is 0 Å². The lowest BCUT2D eigenvalue weighted by molar-refractivity contribution is 0.226. The molecule has 0 amide bonds. The molecule has 1 saturated carbocycles. The fourth-order valence-electron chi connectivity index (χ4n) is 2.60. The van der Waals surface area contributed by atoms with Crippen molar-refractivity contribution in [1.29, 1.82) is 0 Å². The van der Waals surface area contributed by atoms with E-state index in [4.69, 9.17) is 0 Å². The Morgan fingerprint density at radius 1 is 1.64 bits per heavy atom. The molecule has 0 aromatic heterocycles. The van der Waals surface area contributed by atoms with Crippen molar-refractivity contribution in [2.45, 2.75) is 46.0 Å². The van der Waals surface area contributed by atoms with Crippen molar-refractivity contribution >= 4 is 0 Å². The SMILES string of the molecule is C=CC[C@]1(C)CCCC1CC. The Balaban J connectivity index is 2.58. The van der Waals surface area contributed by atoms with E-state index in [2.05, 4.69) is 26.5 Å². The molecule has 0 N–H and O–H groups in total. The molecule has 0 saturated heterocycles. The van der Waals surface area contributed by atoms with Crippen LogP contribution in [-0.2, 0) is 0 Å². The summed E-state index contributed by atoms with van der Waals surface area (Å²) in [6, 6.07) is 0. The molecule has 1 fully saturated rings. The molecule has 0 radical (unpaired) electrons. The zero-order valence-electron chi connectivity index (χ0n) is 7.90. The third kappa shape index (κ3) is 1.66. The molecular weight excluding hydrogens is 132 g/mol. The maximum atomic E-state index is 3.84. The Kier molecular flexibility index (Phi) is 2.75. The predicted octanol–water partition coefficient (Wildman–Crippen LogP) is 3.78. The lowest BCUT2D eigenvalue weighted by atomic mass is 9.76. The third-order valence-electron chi connectivity index (χ3n) is 3.39. The van der Waals surface area contributed by atoms with Gasteiger partial charge >= 0.3 is 0 Å². The second-order valence-corrected chi connectivity index (χ2v) is 4.14. The number of allylic oxidation sites excluding steroid dienone is 1. The van der Waals surface area contributed by atoms with Crippen LogP contribution in [-0.4, -0.2) is 0 Å². The minimum absolute atomic E-state index is 0.594. The van der Waals surface area contributed by atoms with Crippen LogP contribution in [0, 0.1) is 11.3 Å². The fourth-order valence-corrected chi connectivity index (χ4v) is 2.60. The van der Waals surface area contributed by atoms with Crippen LogP contribution in [0.5, 0.6) is 0 Å². The first-order valence-corrected chi connectivity index (χ1v) is 4.84. The molecule has 11 heavy (non-hydrogen) atoms. The lowest BCUT2D eigenvalue weighted by Crippen LogP contribution is -2.19. The second-order valence-electron chi connectivity index (χ2n) is 4.14. The smallest absolute Gasteiger partial charge is 0.0263 e. The highest BCUT2D eigenvalue weighted by Crippen LogP contribution is 2.47. The molecule has 1 rings (SSSR count). The largest absolute Gasteiger partial charge is 0.103 e. The quantitative estimate of drug-likeness (QED) is 0.540. The minimum Gasteiger partial charge on any atom is -0.103 e. The molecule has 2 atom stereocenters. The van der Waals surface area contributed by atoms with Crippen LogP contribution in [0.25, 0.3) is 0 Å². The first-order valence-electron chi connectivity index (χ1n) is 4.84. The molecule has 1 unspecified atom stereocenters. The summed E-state index contributed by atoms with van der Waals surface area (Å²) < 4.78 is 0. The highest BCUT2D eigenvalue weighted by Gasteiger charge is 2.35. The Morgan fingerprint density at radius 2 is 2.36 bits per heavy atom. The standard InChI is InChI=1S/C11H20/c1-4-8-11(3)9-6-7-10(11)5-2/h4,10H,1,5-9H2,2-3H3/t10?,11-/m1/s1. The van der Waals surface area contributed by atoms with Gasteiger partial charge in [0.2, 0.25) is 0 Å². The van der Waals surface area contributed by atoms with E-state index in [9.17, 15) is 0 Å². The van der Waals surface area contributed by atoms with E-state index in [1.165, 1.54) is 32.1 Å². The third-order valence-corrected chi connectivity index (χ3v) is 3.39. The first kappa shape index (κ1) is 8.83. The zero-order valence-corrected chi connectivity index (χ0v) is 7.90. The van der Waals surface area contributed by atoms with Crippen molar-refractivity contribution in [2.75, 3.05) is 0 Å². The highest BCUT2D eigenvalue weighted by atomic mass is 14.4. The maximum absolute atomic E-state index is 3.84. The van der Waals surface area contributed by atoms with Gasteiger partial charge in [0.15, 0.2) is 0 Å². The van der Waals surface area contributed by atoms with Crippen LogP contribution in [0.4, 0.5) is 0 Å². The normalized spacial score (nSPS) is 37.5. The summed E-state index contributed by atoms with van der Waals surface area (Å²) in [5, 5.41) is 0. The van der Waals surface area contributed by atoms with Crippen molar-refractivity contribution in [3.63, 3.8) is 0 Å². The van der Waals surface area contributed by atoms with Crippen LogP contribution in [0.15, 0.2) is 12.7 Å². The summed E-state index contributed by atoms with van der Waals surface area (Å²) in [4.78, 5) is 0. The fraction of sp³-hybridized carbons (Fsp3) is 0.818. The molecule has 1 aliphatic carbocycles. The van der Waals surface area contributed by atoms with Gasteiger partial charge in [-0.1, -0.05) is 32.8 Å². The van der Waals surface area contributed by atoms with E-state index < -0.39 is 0 Å². The lowest BCUT2D eigenvalue weighted by Gasteiger charge is -2.29. The Labute approximate surface area is 70.7 Å². The van der Waals surface area contributed by atoms with E-state index in [0.717, 1.165) is 5.92 Å². The van der Waals surface area contributed by atoms with E-state index in [1.807, 2.05) is 0 Å². The van der Waals surface area contributed by atoms with Crippen LogP contribution < -0.4 is 0 Å². The molecule has 1 aliphatic rings. The van der Waals surface area contributed by atoms with Crippen molar-refractivity contribution in [1.82, 2.24) is 0 Å². The van der Waals surface area contributed by atoms with E-state index >= 15 is 0 Å². The van der Waals surface area contributed by atoms with Gasteiger partial charge in [0, 0.05) is 0 Å². The van der Waals surface area contributed by atoms with Crippen LogP contribution >= 0.6 is 0 Å². The molecule has 64 valence electrons. The average Bonchev–Trinajstić information content (AvgIpc) is 2.31. The van der Waals surface area contributed by atoms with Crippen LogP contribution in [0.1, 0.15) is 46.0 Å². The van der Waals surface area contributed by atoms with Crippen LogP contribution in [0.2, 0.25) is 0 Å². The van der Waals surface area contributed by atoms with Crippen molar-refractivity contribution in [2.24, 2.45) is 11.3 Å². The minimum atomic E-state index is 0.594. The van der Waals surface area contributed by atoms with Gasteiger partial charge in [0.05, 0.1) is 0 Å². The summed E-state index contributed by atoms with van der Waals surface area (Å²) in [5.74, 6) is 0.959. The Bertz CT molecular complexity index is 137. The van der Waals surface area contributed by atoms with Gasteiger partial charge in [-0.05, 0) is 30.6 Å². The first-order chi connectivity index (χ1) is 5.23. The molecule has 0 aromatic rings. The highest BCUT2D eigenvalue weighted by molar-refractivity contribution is 4.92. The molecule has 0 heterocycles. The van der Waals surface area contributed by atoms with Gasteiger partial charge in [-0.25, -0.2) is 0 Å². The number of rotatable bonds is 3. The maximum Gasteiger partial charge on any atom is -0.0263 e. The molecule has 0 nitrogen and oxygen atoms in total. The van der Waals surface area contributed by atoms with E-state index in [0.29, 0.717) is 5.41 Å². The summed E-state index contributed by atoms with van der Waals surface area (Å²) in [6.45, 7) is 8.58. The molecule has 0 aromatic carbocycles. The van der Waals surface area contributed by atoms with Gasteiger partial charge in [0.1, 0.15) is 0 Å². The van der Waals surface area contributed by atoms with Gasteiger partial charge in [0.25, 0.3) is 0 Å². The number of hydrogen-bond acceptors (Lipinski definition) is 0.